The lowest BCUT2D eigenvalue weighted by Crippen LogP contribution is -2.28. The fourth-order valence-corrected chi connectivity index (χ4v) is 4.29. The molecule has 2 aliphatic rings. The van der Waals surface area contributed by atoms with Gasteiger partial charge in [0.25, 0.3) is 0 Å². The summed E-state index contributed by atoms with van der Waals surface area (Å²) in [4.78, 5) is 0. The van der Waals surface area contributed by atoms with E-state index < -0.39 is 0 Å². The molecule has 4 atom stereocenters. The van der Waals surface area contributed by atoms with E-state index in [9.17, 15) is 0 Å². The Bertz CT molecular complexity index is 231. The van der Waals surface area contributed by atoms with Crippen molar-refractivity contribution in [3.63, 3.8) is 0 Å². The van der Waals surface area contributed by atoms with Crippen LogP contribution in [0.1, 0.15) is 51.9 Å². The lowest BCUT2D eigenvalue weighted by molar-refractivity contribution is 0.194. The lowest BCUT2D eigenvalue weighted by Gasteiger charge is -2.27. The second-order valence-corrected chi connectivity index (χ2v) is 6.52. The van der Waals surface area contributed by atoms with Crippen molar-refractivity contribution in [1.82, 2.24) is 5.32 Å². The molecular weight excluding hydrogens is 222 g/mol. The molecule has 2 aliphatic carbocycles. The first-order valence-corrected chi connectivity index (χ1v) is 8.03. The topological polar surface area (TPSA) is 21.3 Å². The van der Waals surface area contributed by atoms with E-state index in [1.165, 1.54) is 38.6 Å². The predicted octanol–water partition coefficient (Wildman–Crippen LogP) is 3.47. The van der Waals surface area contributed by atoms with Crippen molar-refractivity contribution in [3.05, 3.63) is 0 Å². The first-order valence-electron chi connectivity index (χ1n) is 8.03. The van der Waals surface area contributed by atoms with Crippen molar-refractivity contribution < 1.29 is 4.74 Å². The number of hydrogen-bond acceptors (Lipinski definition) is 2. The van der Waals surface area contributed by atoms with Crippen LogP contribution in [0, 0.1) is 23.7 Å². The minimum absolute atomic E-state index is 0.840. The number of ether oxygens (including phenoxy) is 1. The van der Waals surface area contributed by atoms with Crippen molar-refractivity contribution in [3.8, 4) is 0 Å². The van der Waals surface area contributed by atoms with Crippen molar-refractivity contribution in [2.45, 2.75) is 51.9 Å². The standard InChI is InChI=1S/C16H31NO/c1-3-4-14(12-17-7-8-18-2)11-16-10-13-5-6-15(16)9-13/h13-17H,3-12H2,1-2H3. The molecule has 0 aromatic heterocycles. The van der Waals surface area contributed by atoms with Crippen LogP contribution < -0.4 is 5.32 Å². The summed E-state index contributed by atoms with van der Waals surface area (Å²) in [6.45, 7) is 5.37. The summed E-state index contributed by atoms with van der Waals surface area (Å²) in [5, 5.41) is 3.56. The molecule has 0 radical (unpaired) electrons. The zero-order valence-electron chi connectivity index (χ0n) is 12.3. The van der Waals surface area contributed by atoms with Gasteiger partial charge in [-0.05, 0) is 62.3 Å². The van der Waals surface area contributed by atoms with Gasteiger partial charge in [0.2, 0.25) is 0 Å². The highest BCUT2D eigenvalue weighted by Crippen LogP contribution is 2.50. The molecule has 0 aromatic carbocycles. The van der Waals surface area contributed by atoms with Crippen LogP contribution in [-0.2, 0) is 4.74 Å². The van der Waals surface area contributed by atoms with Gasteiger partial charge in [0.1, 0.15) is 0 Å². The number of fused-ring (bicyclic) bond motifs is 2. The fraction of sp³-hybridized carbons (Fsp3) is 1.00. The summed E-state index contributed by atoms with van der Waals surface area (Å²) in [6, 6.07) is 0. The van der Waals surface area contributed by atoms with Crippen molar-refractivity contribution in [1.29, 1.82) is 0 Å². The summed E-state index contributed by atoms with van der Waals surface area (Å²) >= 11 is 0. The number of rotatable bonds is 9. The Morgan fingerprint density at radius 3 is 2.78 bits per heavy atom. The number of methoxy groups -OCH3 is 1. The summed E-state index contributed by atoms with van der Waals surface area (Å²) in [5.74, 6) is 4.15. The molecule has 0 aromatic rings. The molecule has 2 rings (SSSR count). The van der Waals surface area contributed by atoms with Crippen molar-refractivity contribution in [2.24, 2.45) is 23.7 Å². The maximum absolute atomic E-state index is 5.09. The highest BCUT2D eigenvalue weighted by atomic mass is 16.5. The molecule has 2 heteroatoms. The van der Waals surface area contributed by atoms with Crippen LogP contribution in [0.4, 0.5) is 0 Å². The second-order valence-electron chi connectivity index (χ2n) is 6.52. The molecule has 2 fully saturated rings. The van der Waals surface area contributed by atoms with E-state index in [-0.39, 0.29) is 0 Å². The fourth-order valence-electron chi connectivity index (χ4n) is 4.29. The molecule has 0 spiro atoms. The van der Waals surface area contributed by atoms with E-state index in [1.54, 1.807) is 20.0 Å². The minimum Gasteiger partial charge on any atom is -0.383 e. The molecule has 0 saturated heterocycles. The van der Waals surface area contributed by atoms with Gasteiger partial charge in [-0.1, -0.05) is 19.8 Å². The minimum atomic E-state index is 0.840. The smallest absolute Gasteiger partial charge is 0.0587 e. The van der Waals surface area contributed by atoms with Crippen LogP contribution in [0.3, 0.4) is 0 Å². The zero-order chi connectivity index (χ0) is 12.8. The first-order chi connectivity index (χ1) is 8.83. The highest BCUT2D eigenvalue weighted by molar-refractivity contribution is 4.90. The molecule has 106 valence electrons. The molecule has 0 amide bonds. The third kappa shape index (κ3) is 3.96. The van der Waals surface area contributed by atoms with E-state index in [0.717, 1.165) is 36.8 Å². The van der Waals surface area contributed by atoms with Crippen LogP contribution in [0.2, 0.25) is 0 Å². The molecule has 2 bridgehead atoms. The van der Waals surface area contributed by atoms with Crippen molar-refractivity contribution >= 4 is 0 Å². The Balaban J connectivity index is 1.68. The lowest BCUT2D eigenvalue weighted by atomic mass is 9.81. The van der Waals surface area contributed by atoms with E-state index in [1.807, 2.05) is 0 Å². The van der Waals surface area contributed by atoms with Gasteiger partial charge < -0.3 is 10.1 Å². The summed E-state index contributed by atoms with van der Waals surface area (Å²) in [5.41, 5.74) is 0. The first kappa shape index (κ1) is 14.3. The summed E-state index contributed by atoms with van der Waals surface area (Å²) in [7, 11) is 1.78. The molecule has 0 aliphatic heterocycles. The van der Waals surface area contributed by atoms with Crippen LogP contribution in [0.15, 0.2) is 0 Å². The molecule has 18 heavy (non-hydrogen) atoms. The Morgan fingerprint density at radius 1 is 1.28 bits per heavy atom. The quantitative estimate of drug-likeness (QED) is 0.635. The van der Waals surface area contributed by atoms with Gasteiger partial charge in [0.05, 0.1) is 6.61 Å². The monoisotopic (exact) mass is 253 g/mol. The van der Waals surface area contributed by atoms with E-state index in [2.05, 4.69) is 12.2 Å². The summed E-state index contributed by atoms with van der Waals surface area (Å²) in [6.07, 6.45) is 10.4. The normalized spacial score (nSPS) is 32.0. The molecule has 2 nitrogen and oxygen atoms in total. The maximum Gasteiger partial charge on any atom is 0.0587 e. The van der Waals surface area contributed by atoms with Crippen LogP contribution in [0.25, 0.3) is 0 Å². The number of hydrogen-bond donors (Lipinski definition) is 1. The predicted molar refractivity (Wildman–Crippen MR) is 76.7 cm³/mol. The van der Waals surface area contributed by atoms with Gasteiger partial charge in [-0.15, -0.1) is 0 Å². The van der Waals surface area contributed by atoms with Gasteiger partial charge in [-0.25, -0.2) is 0 Å². The van der Waals surface area contributed by atoms with Gasteiger partial charge in [-0.3, -0.25) is 0 Å². The average Bonchev–Trinajstić information content (AvgIpc) is 2.97. The molecule has 2 saturated carbocycles. The summed E-state index contributed by atoms with van der Waals surface area (Å²) < 4.78 is 5.09. The molecule has 4 unspecified atom stereocenters. The third-order valence-corrected chi connectivity index (χ3v) is 5.13. The third-order valence-electron chi connectivity index (χ3n) is 5.13. The molecule has 0 heterocycles. The van der Waals surface area contributed by atoms with Gasteiger partial charge in [0, 0.05) is 13.7 Å². The van der Waals surface area contributed by atoms with Gasteiger partial charge in [-0.2, -0.15) is 0 Å². The van der Waals surface area contributed by atoms with Crippen LogP contribution in [0.5, 0.6) is 0 Å². The largest absolute Gasteiger partial charge is 0.383 e. The van der Waals surface area contributed by atoms with Crippen LogP contribution >= 0.6 is 0 Å². The Hall–Kier alpha value is -0.0800. The Morgan fingerprint density at radius 2 is 2.17 bits per heavy atom. The Labute approximate surface area is 113 Å². The Kier molecular flexibility index (Phi) is 5.97. The van der Waals surface area contributed by atoms with E-state index >= 15 is 0 Å². The SMILES string of the molecule is CCCC(CNCCOC)CC1CC2CCC1C2. The highest BCUT2D eigenvalue weighted by Gasteiger charge is 2.39. The van der Waals surface area contributed by atoms with E-state index in [4.69, 9.17) is 4.74 Å². The second kappa shape index (κ2) is 7.49. The van der Waals surface area contributed by atoms with Gasteiger partial charge in [0.15, 0.2) is 0 Å². The van der Waals surface area contributed by atoms with Crippen LogP contribution in [-0.4, -0.2) is 26.8 Å². The van der Waals surface area contributed by atoms with Gasteiger partial charge >= 0.3 is 0 Å². The maximum atomic E-state index is 5.09. The zero-order valence-corrected chi connectivity index (χ0v) is 12.3. The van der Waals surface area contributed by atoms with Crippen molar-refractivity contribution in [2.75, 3.05) is 26.8 Å². The number of nitrogens with one attached hydrogen (secondary N) is 1. The molecule has 1 N–H and O–H groups in total. The molecular formula is C16H31NO. The average molecular weight is 253 g/mol. The van der Waals surface area contributed by atoms with E-state index in [0.29, 0.717) is 0 Å².